The molecule has 5 heteroatoms. The number of carbonyl (C=O) groups excluding carboxylic acids is 1. The predicted octanol–water partition coefficient (Wildman–Crippen LogP) is 4.23. The van der Waals surface area contributed by atoms with Gasteiger partial charge in [-0.15, -0.1) is 0 Å². The molecule has 2 rings (SSSR count). The van der Waals surface area contributed by atoms with Crippen LogP contribution in [0.2, 0.25) is 10.3 Å². The van der Waals surface area contributed by atoms with Crippen LogP contribution in [-0.2, 0) is 0 Å². The van der Waals surface area contributed by atoms with Gasteiger partial charge in [0.05, 0.1) is 0 Å². The maximum atomic E-state index is 12.2. The maximum Gasteiger partial charge on any atom is 0.251 e. The highest BCUT2D eigenvalue weighted by Gasteiger charge is 2.16. The third kappa shape index (κ3) is 4.66. The minimum absolute atomic E-state index is 0.114. The van der Waals surface area contributed by atoms with Gasteiger partial charge in [0.15, 0.2) is 0 Å². The molecule has 0 aliphatic heterocycles. The zero-order valence-corrected chi connectivity index (χ0v) is 12.3. The van der Waals surface area contributed by atoms with Crippen LogP contribution >= 0.6 is 23.2 Å². The van der Waals surface area contributed by atoms with Crippen molar-refractivity contribution in [1.82, 2.24) is 10.3 Å². The Morgan fingerprint density at radius 3 is 2.16 bits per heavy atom. The molecular weight excluding hydrogens is 283 g/mol. The Morgan fingerprint density at radius 2 is 1.58 bits per heavy atom. The van der Waals surface area contributed by atoms with E-state index in [2.05, 4.69) is 10.3 Å². The average molecular weight is 301 g/mol. The lowest BCUT2D eigenvalue weighted by molar-refractivity contribution is 0.0930. The van der Waals surface area contributed by atoms with Crippen LogP contribution in [0, 0.1) is 0 Å². The number of amides is 1. The second-order valence-electron chi connectivity index (χ2n) is 5.02. The van der Waals surface area contributed by atoms with Crippen molar-refractivity contribution >= 4 is 29.1 Å². The zero-order valence-electron chi connectivity index (χ0n) is 10.8. The molecule has 0 radical (unpaired) electrons. The second kappa shape index (κ2) is 7.11. The molecule has 0 bridgehead atoms. The van der Waals surface area contributed by atoms with E-state index in [-0.39, 0.29) is 22.3 Å². The molecule has 1 heterocycles. The van der Waals surface area contributed by atoms with Crippen molar-refractivity contribution in [3.63, 3.8) is 0 Å². The van der Waals surface area contributed by atoms with E-state index in [1.165, 1.54) is 32.1 Å². The van der Waals surface area contributed by atoms with Crippen molar-refractivity contribution in [2.45, 2.75) is 51.0 Å². The van der Waals surface area contributed by atoms with Crippen molar-refractivity contribution in [3.8, 4) is 0 Å². The molecule has 0 saturated heterocycles. The number of nitrogens with zero attached hydrogens (tertiary/aromatic N) is 1. The molecule has 0 atom stereocenters. The number of hydrogen-bond donors (Lipinski definition) is 1. The minimum atomic E-state index is -0.114. The van der Waals surface area contributed by atoms with Gasteiger partial charge in [0, 0.05) is 11.6 Å². The number of pyridine rings is 1. The van der Waals surface area contributed by atoms with Gasteiger partial charge in [-0.05, 0) is 25.0 Å². The summed E-state index contributed by atoms with van der Waals surface area (Å²) < 4.78 is 0. The molecule has 0 spiro atoms. The molecule has 1 N–H and O–H groups in total. The smallest absolute Gasteiger partial charge is 0.251 e. The summed E-state index contributed by atoms with van der Waals surface area (Å²) >= 11 is 11.6. The number of rotatable bonds is 2. The van der Waals surface area contributed by atoms with Crippen molar-refractivity contribution in [3.05, 3.63) is 28.0 Å². The molecule has 1 aromatic heterocycles. The van der Waals surface area contributed by atoms with Crippen LogP contribution in [0.5, 0.6) is 0 Å². The summed E-state index contributed by atoms with van der Waals surface area (Å²) in [4.78, 5) is 16.0. The van der Waals surface area contributed by atoms with E-state index in [4.69, 9.17) is 23.2 Å². The quantitative estimate of drug-likeness (QED) is 0.831. The van der Waals surface area contributed by atoms with Crippen LogP contribution in [0.4, 0.5) is 0 Å². The molecule has 104 valence electrons. The SMILES string of the molecule is O=C(NC1CCCCCCC1)c1cc(Cl)nc(Cl)c1. The lowest BCUT2D eigenvalue weighted by Gasteiger charge is -2.21. The van der Waals surface area contributed by atoms with Gasteiger partial charge in [-0.3, -0.25) is 4.79 Å². The van der Waals surface area contributed by atoms with Gasteiger partial charge in [0.2, 0.25) is 0 Å². The standard InChI is InChI=1S/C14H18Cl2N2O/c15-12-8-10(9-13(16)18-12)14(19)17-11-6-4-2-1-3-5-7-11/h8-9,11H,1-7H2,(H,17,19). The van der Waals surface area contributed by atoms with Crippen LogP contribution in [0.1, 0.15) is 55.3 Å². The fraction of sp³-hybridized carbons (Fsp3) is 0.571. The van der Waals surface area contributed by atoms with Gasteiger partial charge < -0.3 is 5.32 Å². The van der Waals surface area contributed by atoms with E-state index in [1.54, 1.807) is 12.1 Å². The highest BCUT2D eigenvalue weighted by atomic mass is 35.5. The van der Waals surface area contributed by atoms with Gasteiger partial charge in [0.1, 0.15) is 10.3 Å². The van der Waals surface area contributed by atoms with E-state index in [0.29, 0.717) is 5.56 Å². The summed E-state index contributed by atoms with van der Waals surface area (Å²) in [5, 5.41) is 3.56. The van der Waals surface area contributed by atoms with Crippen molar-refractivity contribution in [1.29, 1.82) is 0 Å². The Bertz CT molecular complexity index is 423. The molecule has 1 amide bonds. The van der Waals surface area contributed by atoms with E-state index < -0.39 is 0 Å². The molecule has 19 heavy (non-hydrogen) atoms. The Hall–Kier alpha value is -0.800. The first-order valence-corrected chi connectivity index (χ1v) is 7.55. The summed E-state index contributed by atoms with van der Waals surface area (Å²) in [5.74, 6) is -0.114. The summed E-state index contributed by atoms with van der Waals surface area (Å²) in [6, 6.07) is 3.36. The van der Waals surface area contributed by atoms with E-state index in [1.807, 2.05) is 0 Å². The van der Waals surface area contributed by atoms with Gasteiger partial charge in [-0.1, -0.05) is 55.3 Å². The van der Waals surface area contributed by atoms with Crippen molar-refractivity contribution < 1.29 is 4.79 Å². The summed E-state index contributed by atoms with van der Waals surface area (Å²) in [6.45, 7) is 0. The van der Waals surface area contributed by atoms with Crippen LogP contribution in [-0.4, -0.2) is 16.9 Å². The lowest BCUT2D eigenvalue weighted by atomic mass is 9.96. The van der Waals surface area contributed by atoms with Crippen LogP contribution in [0.3, 0.4) is 0 Å². The molecule has 1 saturated carbocycles. The van der Waals surface area contributed by atoms with E-state index in [0.717, 1.165) is 12.8 Å². The molecule has 1 aliphatic rings. The molecule has 1 fully saturated rings. The molecule has 1 aliphatic carbocycles. The number of carbonyl (C=O) groups is 1. The highest BCUT2D eigenvalue weighted by Crippen LogP contribution is 2.19. The topological polar surface area (TPSA) is 42.0 Å². The molecule has 3 nitrogen and oxygen atoms in total. The fourth-order valence-corrected chi connectivity index (χ4v) is 2.93. The summed E-state index contributed by atoms with van der Waals surface area (Å²) in [5.41, 5.74) is 0.479. The van der Waals surface area contributed by atoms with Crippen LogP contribution in [0.15, 0.2) is 12.1 Å². The Labute approximate surface area is 123 Å². The van der Waals surface area contributed by atoms with Crippen LogP contribution in [0.25, 0.3) is 0 Å². The first-order valence-electron chi connectivity index (χ1n) is 6.79. The fourth-order valence-electron chi connectivity index (χ4n) is 2.47. The largest absolute Gasteiger partial charge is 0.349 e. The van der Waals surface area contributed by atoms with Crippen molar-refractivity contribution in [2.24, 2.45) is 0 Å². The molecule has 0 unspecified atom stereocenters. The Morgan fingerprint density at radius 1 is 1.05 bits per heavy atom. The monoisotopic (exact) mass is 300 g/mol. The Kier molecular flexibility index (Phi) is 5.46. The van der Waals surface area contributed by atoms with Gasteiger partial charge in [0.25, 0.3) is 5.91 Å². The number of aromatic nitrogens is 1. The number of nitrogens with one attached hydrogen (secondary N) is 1. The summed E-state index contributed by atoms with van der Waals surface area (Å²) in [6.07, 6.45) is 8.32. The zero-order chi connectivity index (χ0) is 13.7. The lowest BCUT2D eigenvalue weighted by Crippen LogP contribution is -2.35. The number of halogens is 2. The first-order chi connectivity index (χ1) is 9.15. The molecular formula is C14H18Cl2N2O. The average Bonchev–Trinajstić information content (AvgIpc) is 2.31. The third-order valence-corrected chi connectivity index (χ3v) is 3.85. The van der Waals surface area contributed by atoms with E-state index in [9.17, 15) is 4.79 Å². The van der Waals surface area contributed by atoms with Gasteiger partial charge in [-0.2, -0.15) is 0 Å². The first kappa shape index (κ1) is 14.6. The minimum Gasteiger partial charge on any atom is -0.349 e. The van der Waals surface area contributed by atoms with Gasteiger partial charge >= 0.3 is 0 Å². The maximum absolute atomic E-state index is 12.2. The highest BCUT2D eigenvalue weighted by molar-refractivity contribution is 6.33. The summed E-state index contributed by atoms with van der Waals surface area (Å²) in [7, 11) is 0. The predicted molar refractivity (Wildman–Crippen MR) is 77.8 cm³/mol. The van der Waals surface area contributed by atoms with Gasteiger partial charge in [-0.25, -0.2) is 4.98 Å². The number of hydrogen-bond acceptors (Lipinski definition) is 2. The normalized spacial score (nSPS) is 17.6. The Balaban J connectivity index is 1.98. The van der Waals surface area contributed by atoms with E-state index >= 15 is 0 Å². The van der Waals surface area contributed by atoms with Crippen LogP contribution < -0.4 is 5.32 Å². The molecule has 1 aromatic rings. The second-order valence-corrected chi connectivity index (χ2v) is 5.79. The molecule has 0 aromatic carbocycles. The van der Waals surface area contributed by atoms with Crippen molar-refractivity contribution in [2.75, 3.05) is 0 Å². The third-order valence-electron chi connectivity index (χ3n) is 3.47.